The molecule has 1 aliphatic heterocycles. The molecule has 1 rings (SSSR count). The monoisotopic (exact) mass is 239 g/mol. The Hall–Kier alpha value is -1.29. The van der Waals surface area contributed by atoms with Gasteiger partial charge in [-0.1, -0.05) is 19.9 Å². The molecule has 4 heteroatoms. The van der Waals surface area contributed by atoms with Crippen LogP contribution in [0.3, 0.4) is 0 Å². The Kier molecular flexibility index (Phi) is 5.77. The van der Waals surface area contributed by atoms with Crippen LogP contribution in [0.2, 0.25) is 0 Å². The molecule has 0 aliphatic carbocycles. The summed E-state index contributed by atoms with van der Waals surface area (Å²) in [6.07, 6.45) is 6.74. The lowest BCUT2D eigenvalue weighted by Crippen LogP contribution is -3.07. The van der Waals surface area contributed by atoms with E-state index in [1.54, 1.807) is 6.92 Å². The standard InChI is InChI=1S/C13H22N2O2/c1-4-5-6-14-7-8-15(11-14)9-10-17-13(16)12(2)3/h7-8H,2,4-6,9-11H2,1,3H3/p+1. The Labute approximate surface area is 104 Å². The van der Waals surface area contributed by atoms with Crippen molar-refractivity contribution in [2.45, 2.75) is 26.7 Å². The molecule has 17 heavy (non-hydrogen) atoms. The van der Waals surface area contributed by atoms with Crippen LogP contribution in [0, 0.1) is 0 Å². The predicted molar refractivity (Wildman–Crippen MR) is 67.2 cm³/mol. The minimum absolute atomic E-state index is 0.302. The summed E-state index contributed by atoms with van der Waals surface area (Å²) in [6, 6.07) is 0. The number of hydrogen-bond donors (Lipinski definition) is 1. The van der Waals surface area contributed by atoms with E-state index >= 15 is 0 Å². The third kappa shape index (κ3) is 5.04. The van der Waals surface area contributed by atoms with Gasteiger partial charge < -0.3 is 9.64 Å². The van der Waals surface area contributed by atoms with Gasteiger partial charge in [-0.05, 0) is 13.3 Å². The maximum Gasteiger partial charge on any atom is 0.333 e. The second-order valence-corrected chi connectivity index (χ2v) is 4.46. The molecule has 1 heterocycles. The van der Waals surface area contributed by atoms with Gasteiger partial charge in [0.15, 0.2) is 6.67 Å². The number of nitrogens with one attached hydrogen (secondary N) is 1. The fraction of sp³-hybridized carbons (Fsp3) is 0.615. The van der Waals surface area contributed by atoms with Crippen molar-refractivity contribution in [2.24, 2.45) is 0 Å². The van der Waals surface area contributed by atoms with E-state index in [0.29, 0.717) is 12.2 Å². The lowest BCUT2D eigenvalue weighted by atomic mass is 10.3. The second-order valence-electron chi connectivity index (χ2n) is 4.46. The van der Waals surface area contributed by atoms with Crippen molar-refractivity contribution in [3.8, 4) is 0 Å². The smallest absolute Gasteiger partial charge is 0.333 e. The van der Waals surface area contributed by atoms with Gasteiger partial charge in [-0.25, -0.2) is 4.79 Å². The number of hydrogen-bond acceptors (Lipinski definition) is 3. The lowest BCUT2D eigenvalue weighted by molar-refractivity contribution is -0.849. The zero-order valence-electron chi connectivity index (χ0n) is 10.9. The molecule has 1 atom stereocenters. The topological polar surface area (TPSA) is 34.0 Å². The van der Waals surface area contributed by atoms with Gasteiger partial charge in [0, 0.05) is 5.57 Å². The third-order valence-corrected chi connectivity index (χ3v) is 2.74. The van der Waals surface area contributed by atoms with Crippen LogP contribution in [0.4, 0.5) is 0 Å². The molecule has 0 radical (unpaired) electrons. The number of carbonyl (C=O) groups is 1. The number of quaternary nitrogens is 1. The highest BCUT2D eigenvalue weighted by Crippen LogP contribution is 1.95. The van der Waals surface area contributed by atoms with E-state index in [1.807, 2.05) is 0 Å². The van der Waals surface area contributed by atoms with Gasteiger partial charge in [0.1, 0.15) is 12.8 Å². The van der Waals surface area contributed by atoms with Crippen molar-refractivity contribution >= 4 is 5.97 Å². The molecule has 0 aromatic heterocycles. The summed E-state index contributed by atoms with van der Waals surface area (Å²) in [6.45, 7) is 10.7. The predicted octanol–water partition coefficient (Wildman–Crippen LogP) is 0.535. The van der Waals surface area contributed by atoms with E-state index in [9.17, 15) is 4.79 Å². The molecule has 1 N–H and O–H groups in total. The zero-order valence-corrected chi connectivity index (χ0v) is 10.9. The second kappa shape index (κ2) is 7.12. The largest absolute Gasteiger partial charge is 0.460 e. The normalized spacial score (nSPS) is 18.5. The molecule has 0 bridgehead atoms. The number of carbonyl (C=O) groups excluding carboxylic acids is 1. The van der Waals surface area contributed by atoms with Crippen molar-refractivity contribution in [1.82, 2.24) is 4.90 Å². The summed E-state index contributed by atoms with van der Waals surface area (Å²) in [7, 11) is 0. The minimum atomic E-state index is -0.302. The molecule has 1 unspecified atom stereocenters. The first-order valence-electron chi connectivity index (χ1n) is 6.23. The number of unbranched alkanes of at least 4 members (excludes halogenated alkanes) is 1. The van der Waals surface area contributed by atoms with Crippen LogP contribution in [0.1, 0.15) is 26.7 Å². The van der Waals surface area contributed by atoms with E-state index in [4.69, 9.17) is 4.74 Å². The van der Waals surface area contributed by atoms with E-state index in [0.717, 1.165) is 13.2 Å². The van der Waals surface area contributed by atoms with E-state index in [-0.39, 0.29) is 5.97 Å². The molecule has 0 aromatic carbocycles. The third-order valence-electron chi connectivity index (χ3n) is 2.74. The van der Waals surface area contributed by atoms with Crippen LogP contribution in [-0.2, 0) is 9.53 Å². The zero-order chi connectivity index (χ0) is 12.7. The summed E-state index contributed by atoms with van der Waals surface area (Å²) >= 11 is 0. The molecule has 1 aliphatic rings. The highest BCUT2D eigenvalue weighted by atomic mass is 16.5. The first-order valence-corrected chi connectivity index (χ1v) is 6.23. The van der Waals surface area contributed by atoms with Crippen LogP contribution in [-0.4, -0.2) is 37.2 Å². The summed E-state index contributed by atoms with van der Waals surface area (Å²) in [5.41, 5.74) is 0.456. The molecule has 96 valence electrons. The Balaban J connectivity index is 2.12. The summed E-state index contributed by atoms with van der Waals surface area (Å²) in [5, 5.41) is 0. The fourth-order valence-corrected chi connectivity index (χ4v) is 1.68. The van der Waals surface area contributed by atoms with Gasteiger partial charge in [0.05, 0.1) is 19.3 Å². The average molecular weight is 239 g/mol. The summed E-state index contributed by atoms with van der Waals surface area (Å²) < 4.78 is 5.06. The van der Waals surface area contributed by atoms with Gasteiger partial charge >= 0.3 is 5.97 Å². The highest BCUT2D eigenvalue weighted by molar-refractivity contribution is 5.86. The van der Waals surface area contributed by atoms with E-state index in [1.165, 1.54) is 24.3 Å². The van der Waals surface area contributed by atoms with Crippen molar-refractivity contribution < 1.29 is 14.4 Å². The van der Waals surface area contributed by atoms with Crippen molar-refractivity contribution in [1.29, 1.82) is 0 Å². The molecule has 0 saturated carbocycles. The molecule has 0 saturated heterocycles. The van der Waals surface area contributed by atoms with Crippen LogP contribution < -0.4 is 4.90 Å². The minimum Gasteiger partial charge on any atom is -0.460 e. The van der Waals surface area contributed by atoms with E-state index in [2.05, 4.69) is 30.8 Å². The molecule has 0 amide bonds. The molecule has 0 fully saturated rings. The van der Waals surface area contributed by atoms with Gasteiger partial charge in [0.2, 0.25) is 0 Å². The maximum absolute atomic E-state index is 11.2. The molecular weight excluding hydrogens is 216 g/mol. The Morgan fingerprint density at radius 1 is 1.59 bits per heavy atom. The van der Waals surface area contributed by atoms with E-state index < -0.39 is 0 Å². The first kappa shape index (κ1) is 13.8. The lowest BCUT2D eigenvalue weighted by Gasteiger charge is -2.16. The van der Waals surface area contributed by atoms with Gasteiger partial charge in [-0.3, -0.25) is 4.90 Å². The van der Waals surface area contributed by atoms with Crippen LogP contribution >= 0.6 is 0 Å². The highest BCUT2D eigenvalue weighted by Gasteiger charge is 2.16. The van der Waals surface area contributed by atoms with Crippen LogP contribution in [0.25, 0.3) is 0 Å². The molecular formula is C13H23N2O2+. The number of ether oxygens (including phenoxy) is 1. The maximum atomic E-state index is 11.2. The number of rotatable bonds is 7. The van der Waals surface area contributed by atoms with Crippen LogP contribution in [0.15, 0.2) is 24.6 Å². The van der Waals surface area contributed by atoms with Crippen LogP contribution in [0.5, 0.6) is 0 Å². The van der Waals surface area contributed by atoms with Gasteiger partial charge in [-0.15, -0.1) is 0 Å². The number of esters is 1. The summed E-state index contributed by atoms with van der Waals surface area (Å²) in [5.74, 6) is -0.302. The Bertz CT molecular complexity index is 300. The summed E-state index contributed by atoms with van der Waals surface area (Å²) in [4.78, 5) is 14.8. The SMILES string of the molecule is C=C(C)C(=O)OCCN1C=C[NH+](CCCC)C1. The van der Waals surface area contributed by atoms with Crippen molar-refractivity contribution in [3.05, 3.63) is 24.6 Å². The van der Waals surface area contributed by atoms with Crippen molar-refractivity contribution in [3.63, 3.8) is 0 Å². The average Bonchev–Trinajstić information content (AvgIpc) is 2.74. The molecule has 0 spiro atoms. The Morgan fingerprint density at radius 3 is 3.00 bits per heavy atom. The first-order chi connectivity index (χ1) is 8.13. The van der Waals surface area contributed by atoms with Crippen molar-refractivity contribution in [2.75, 3.05) is 26.4 Å². The molecule has 4 nitrogen and oxygen atoms in total. The fourth-order valence-electron chi connectivity index (χ4n) is 1.68. The molecule has 0 aromatic rings. The Morgan fingerprint density at radius 2 is 2.35 bits per heavy atom. The number of nitrogens with zero attached hydrogens (tertiary/aromatic N) is 1. The van der Waals surface area contributed by atoms with Gasteiger partial charge in [-0.2, -0.15) is 0 Å². The van der Waals surface area contributed by atoms with Gasteiger partial charge in [0.25, 0.3) is 0 Å². The quantitative estimate of drug-likeness (QED) is 0.520.